The Bertz CT molecular complexity index is 297. The van der Waals surface area contributed by atoms with Gasteiger partial charge in [-0.15, -0.1) is 0 Å². The average Bonchev–Trinajstić information content (AvgIpc) is 2.15. The van der Waals surface area contributed by atoms with Crippen molar-refractivity contribution in [2.45, 2.75) is 13.8 Å². The Hall–Kier alpha value is -1.38. The molecule has 0 aliphatic carbocycles. The van der Waals surface area contributed by atoms with E-state index in [1.807, 2.05) is 6.07 Å². The highest BCUT2D eigenvalue weighted by atomic mass is 16.5. The maximum atomic E-state index is 9.49. The number of phenols is 1. The summed E-state index contributed by atoms with van der Waals surface area (Å²) in [5.74, 6) is 1.25. The molecule has 14 heavy (non-hydrogen) atoms. The van der Waals surface area contributed by atoms with Gasteiger partial charge < -0.3 is 15.2 Å². The van der Waals surface area contributed by atoms with Crippen LogP contribution < -0.4 is 10.1 Å². The molecule has 78 valence electrons. The van der Waals surface area contributed by atoms with Crippen molar-refractivity contribution in [3.8, 4) is 11.5 Å². The Morgan fingerprint density at radius 1 is 1.43 bits per heavy atom. The van der Waals surface area contributed by atoms with Crippen molar-refractivity contribution < 1.29 is 9.84 Å². The fourth-order valence-electron chi connectivity index (χ4n) is 1.12. The van der Waals surface area contributed by atoms with Gasteiger partial charge in [-0.05, 0) is 18.1 Å². The summed E-state index contributed by atoms with van der Waals surface area (Å²) in [6.07, 6.45) is 0. The lowest BCUT2D eigenvalue weighted by molar-refractivity contribution is 0.373. The van der Waals surface area contributed by atoms with Gasteiger partial charge in [0.15, 0.2) is 11.5 Å². The highest BCUT2D eigenvalue weighted by Gasteiger charge is 2.02. The van der Waals surface area contributed by atoms with Gasteiger partial charge in [-0.1, -0.05) is 13.8 Å². The molecule has 1 rings (SSSR count). The number of nitrogens with one attached hydrogen (secondary N) is 1. The van der Waals surface area contributed by atoms with Crippen molar-refractivity contribution in [2.75, 3.05) is 19.0 Å². The van der Waals surface area contributed by atoms with E-state index in [0.29, 0.717) is 11.7 Å². The fourth-order valence-corrected chi connectivity index (χ4v) is 1.12. The van der Waals surface area contributed by atoms with Gasteiger partial charge in [0.25, 0.3) is 0 Å². The van der Waals surface area contributed by atoms with Gasteiger partial charge >= 0.3 is 0 Å². The zero-order valence-corrected chi connectivity index (χ0v) is 8.87. The molecule has 3 heteroatoms. The van der Waals surface area contributed by atoms with E-state index in [9.17, 15) is 5.11 Å². The third-order valence-electron chi connectivity index (χ3n) is 1.89. The molecule has 3 nitrogen and oxygen atoms in total. The summed E-state index contributed by atoms with van der Waals surface area (Å²) < 4.78 is 4.95. The molecule has 0 heterocycles. The van der Waals surface area contributed by atoms with Gasteiger partial charge in [0.05, 0.1) is 7.11 Å². The molecule has 2 N–H and O–H groups in total. The van der Waals surface area contributed by atoms with Gasteiger partial charge in [0, 0.05) is 18.3 Å². The minimum absolute atomic E-state index is 0.168. The smallest absolute Gasteiger partial charge is 0.160 e. The molecule has 0 bridgehead atoms. The van der Waals surface area contributed by atoms with Crippen LogP contribution in [0, 0.1) is 5.92 Å². The number of phenolic OH excluding ortho intramolecular Hbond substituents is 1. The first-order valence-corrected chi connectivity index (χ1v) is 4.74. The lowest BCUT2D eigenvalue weighted by atomic mass is 10.2. The summed E-state index contributed by atoms with van der Waals surface area (Å²) in [6.45, 7) is 5.17. The normalized spacial score (nSPS) is 10.3. The molecule has 0 atom stereocenters. The monoisotopic (exact) mass is 195 g/mol. The Kier molecular flexibility index (Phi) is 3.63. The number of hydrogen-bond acceptors (Lipinski definition) is 3. The third kappa shape index (κ3) is 2.83. The Balaban J connectivity index is 2.66. The van der Waals surface area contributed by atoms with E-state index in [-0.39, 0.29) is 5.75 Å². The molecule has 0 radical (unpaired) electrons. The van der Waals surface area contributed by atoms with Crippen molar-refractivity contribution in [1.82, 2.24) is 0 Å². The minimum atomic E-state index is 0.168. The first-order valence-electron chi connectivity index (χ1n) is 4.74. The zero-order chi connectivity index (χ0) is 10.6. The molecular weight excluding hydrogens is 178 g/mol. The van der Waals surface area contributed by atoms with Gasteiger partial charge in [0.1, 0.15) is 0 Å². The molecule has 0 aliphatic heterocycles. The molecule has 0 amide bonds. The second kappa shape index (κ2) is 4.74. The van der Waals surface area contributed by atoms with Crippen molar-refractivity contribution in [1.29, 1.82) is 0 Å². The summed E-state index contributed by atoms with van der Waals surface area (Å²) >= 11 is 0. The average molecular weight is 195 g/mol. The van der Waals surface area contributed by atoms with E-state index in [2.05, 4.69) is 19.2 Å². The second-order valence-electron chi connectivity index (χ2n) is 3.66. The molecule has 1 aromatic rings. The van der Waals surface area contributed by atoms with Gasteiger partial charge in [-0.2, -0.15) is 0 Å². The molecule has 1 aromatic carbocycles. The molecule has 0 spiro atoms. The summed E-state index contributed by atoms with van der Waals surface area (Å²) in [4.78, 5) is 0. The first-order chi connectivity index (χ1) is 6.63. The number of ether oxygens (including phenoxy) is 1. The van der Waals surface area contributed by atoms with Crippen LogP contribution in [0.25, 0.3) is 0 Å². The quantitative estimate of drug-likeness (QED) is 0.775. The molecule has 0 aromatic heterocycles. The summed E-state index contributed by atoms with van der Waals surface area (Å²) in [7, 11) is 1.54. The Morgan fingerprint density at radius 3 is 2.64 bits per heavy atom. The summed E-state index contributed by atoms with van der Waals surface area (Å²) in [6, 6.07) is 5.31. The number of hydrogen-bond donors (Lipinski definition) is 2. The SMILES string of the molecule is COc1ccc(NCC(C)C)cc1O. The lowest BCUT2D eigenvalue weighted by Crippen LogP contribution is -2.07. The summed E-state index contributed by atoms with van der Waals surface area (Å²) in [5, 5.41) is 12.7. The number of anilines is 1. The largest absolute Gasteiger partial charge is 0.504 e. The number of benzene rings is 1. The molecule has 0 unspecified atom stereocenters. The number of aromatic hydroxyl groups is 1. The molecule has 0 saturated heterocycles. The molecular formula is C11H17NO2. The van der Waals surface area contributed by atoms with Gasteiger partial charge in [-0.25, -0.2) is 0 Å². The highest BCUT2D eigenvalue weighted by Crippen LogP contribution is 2.28. The van der Waals surface area contributed by atoms with Crippen molar-refractivity contribution in [3.63, 3.8) is 0 Å². The van der Waals surface area contributed by atoms with Crippen LogP contribution in [0.4, 0.5) is 5.69 Å². The molecule has 0 saturated carbocycles. The zero-order valence-electron chi connectivity index (χ0n) is 8.87. The topological polar surface area (TPSA) is 41.5 Å². The Morgan fingerprint density at radius 2 is 2.14 bits per heavy atom. The van der Waals surface area contributed by atoms with Crippen LogP contribution in [0.5, 0.6) is 11.5 Å². The maximum Gasteiger partial charge on any atom is 0.160 e. The summed E-state index contributed by atoms with van der Waals surface area (Å²) in [5.41, 5.74) is 0.914. The maximum absolute atomic E-state index is 9.49. The number of methoxy groups -OCH3 is 1. The Labute approximate surface area is 84.7 Å². The third-order valence-corrected chi connectivity index (χ3v) is 1.89. The second-order valence-corrected chi connectivity index (χ2v) is 3.66. The first kappa shape index (κ1) is 10.7. The molecule has 0 aliphatic rings. The molecule has 0 fully saturated rings. The van der Waals surface area contributed by atoms with Crippen molar-refractivity contribution >= 4 is 5.69 Å². The predicted octanol–water partition coefficient (Wildman–Crippen LogP) is 2.47. The van der Waals surface area contributed by atoms with Crippen LogP contribution in [-0.4, -0.2) is 18.8 Å². The van der Waals surface area contributed by atoms with E-state index in [1.54, 1.807) is 12.1 Å². The van der Waals surface area contributed by atoms with Crippen LogP contribution >= 0.6 is 0 Å². The van der Waals surface area contributed by atoms with E-state index >= 15 is 0 Å². The van der Waals surface area contributed by atoms with Gasteiger partial charge in [0.2, 0.25) is 0 Å². The van der Waals surface area contributed by atoms with Crippen LogP contribution in [0.2, 0.25) is 0 Å². The van der Waals surface area contributed by atoms with Crippen LogP contribution in [0.1, 0.15) is 13.8 Å². The fraction of sp³-hybridized carbons (Fsp3) is 0.455. The van der Waals surface area contributed by atoms with E-state index in [4.69, 9.17) is 4.74 Å². The van der Waals surface area contributed by atoms with Crippen LogP contribution in [0.3, 0.4) is 0 Å². The van der Waals surface area contributed by atoms with Crippen molar-refractivity contribution in [2.24, 2.45) is 5.92 Å². The van der Waals surface area contributed by atoms with Gasteiger partial charge in [-0.3, -0.25) is 0 Å². The van der Waals surface area contributed by atoms with E-state index in [1.165, 1.54) is 7.11 Å². The lowest BCUT2D eigenvalue weighted by Gasteiger charge is -2.10. The standard InChI is InChI=1S/C11H17NO2/c1-8(2)7-12-9-4-5-11(14-3)10(13)6-9/h4-6,8,12-13H,7H2,1-3H3. The van der Waals surface area contributed by atoms with Crippen LogP contribution in [-0.2, 0) is 0 Å². The predicted molar refractivity (Wildman–Crippen MR) is 58.0 cm³/mol. The number of rotatable bonds is 4. The van der Waals surface area contributed by atoms with E-state index < -0.39 is 0 Å². The van der Waals surface area contributed by atoms with Crippen LogP contribution in [0.15, 0.2) is 18.2 Å². The van der Waals surface area contributed by atoms with E-state index in [0.717, 1.165) is 12.2 Å². The van der Waals surface area contributed by atoms with Crippen molar-refractivity contribution in [3.05, 3.63) is 18.2 Å². The highest BCUT2D eigenvalue weighted by molar-refractivity contribution is 5.54. The minimum Gasteiger partial charge on any atom is -0.504 e.